The van der Waals surface area contributed by atoms with Crippen molar-refractivity contribution in [1.29, 1.82) is 0 Å². The second-order valence-electron chi connectivity index (χ2n) is 4.90. The van der Waals surface area contributed by atoms with Crippen molar-refractivity contribution in [2.75, 3.05) is 0 Å². The molecule has 0 fully saturated rings. The quantitative estimate of drug-likeness (QED) is 0.699. The van der Waals surface area contributed by atoms with E-state index in [9.17, 15) is 14.7 Å². The Balaban J connectivity index is 2.09. The van der Waals surface area contributed by atoms with Crippen LogP contribution in [0.5, 0.6) is 0 Å². The summed E-state index contributed by atoms with van der Waals surface area (Å²) in [4.78, 5) is 26.5. The molecule has 3 aromatic rings. The third-order valence-corrected chi connectivity index (χ3v) is 3.28. The van der Waals surface area contributed by atoms with Crippen molar-refractivity contribution in [3.05, 3.63) is 59.9 Å². The molecule has 0 atom stereocenters. The Kier molecular flexibility index (Phi) is 4.02. The molecule has 0 saturated carbocycles. The Hall–Kier alpha value is -3.55. The maximum absolute atomic E-state index is 11.2. The van der Waals surface area contributed by atoms with Crippen molar-refractivity contribution in [2.45, 2.75) is 6.42 Å². The van der Waals surface area contributed by atoms with Gasteiger partial charge in [-0.3, -0.25) is 9.20 Å². The summed E-state index contributed by atoms with van der Waals surface area (Å²) in [7, 11) is 0. The highest BCUT2D eigenvalue weighted by Crippen LogP contribution is 2.26. The molecule has 1 aromatic carbocycles. The smallest absolute Gasteiger partial charge is 0.337 e. The van der Waals surface area contributed by atoms with E-state index in [1.165, 1.54) is 12.1 Å². The summed E-state index contributed by atoms with van der Waals surface area (Å²) in [5.41, 5.74) is 0.978. The maximum atomic E-state index is 11.2. The van der Waals surface area contributed by atoms with Gasteiger partial charge in [0, 0.05) is 6.20 Å². The molecule has 0 aliphatic rings. The van der Waals surface area contributed by atoms with Crippen LogP contribution in [0.4, 0.5) is 11.5 Å². The number of fused-ring (bicyclic) bond motifs is 1. The number of pyridine rings is 1. The minimum absolute atomic E-state index is 0.00913. The first kappa shape index (κ1) is 15.3. The second-order valence-corrected chi connectivity index (χ2v) is 4.90. The highest BCUT2D eigenvalue weighted by molar-refractivity contribution is 5.93. The molecule has 2 aromatic heterocycles. The van der Waals surface area contributed by atoms with Gasteiger partial charge in [0.15, 0.2) is 5.82 Å². The van der Waals surface area contributed by atoms with Gasteiger partial charge in [0.1, 0.15) is 11.3 Å². The van der Waals surface area contributed by atoms with Gasteiger partial charge in [0.2, 0.25) is 0 Å². The molecule has 0 radical (unpaired) electrons. The summed E-state index contributed by atoms with van der Waals surface area (Å²) < 4.78 is 1.60. The van der Waals surface area contributed by atoms with E-state index in [0.717, 1.165) is 0 Å². The van der Waals surface area contributed by atoms with Crippen molar-refractivity contribution in [3.63, 3.8) is 0 Å². The lowest BCUT2D eigenvalue weighted by Crippen LogP contribution is -2.00. The molecule has 0 saturated heterocycles. The molecular weight excluding hydrogens is 312 g/mol. The molecule has 0 unspecified atom stereocenters. The van der Waals surface area contributed by atoms with Crippen LogP contribution in [0.2, 0.25) is 0 Å². The number of carboxylic acids is 2. The number of aliphatic carboxylic acids is 1. The molecule has 24 heavy (non-hydrogen) atoms. The van der Waals surface area contributed by atoms with E-state index >= 15 is 0 Å². The molecule has 0 aliphatic heterocycles. The van der Waals surface area contributed by atoms with Gasteiger partial charge in [-0.1, -0.05) is 18.2 Å². The van der Waals surface area contributed by atoms with Gasteiger partial charge >= 0.3 is 11.9 Å². The van der Waals surface area contributed by atoms with Gasteiger partial charge in [-0.25, -0.2) is 9.78 Å². The number of carboxylic acid groups (broad SMARTS) is 2. The molecule has 120 valence electrons. The minimum Gasteiger partial charge on any atom is -0.481 e. The van der Waals surface area contributed by atoms with Crippen molar-refractivity contribution in [1.82, 2.24) is 9.38 Å². The number of benzene rings is 1. The predicted molar refractivity (Wildman–Crippen MR) is 84.1 cm³/mol. The highest BCUT2D eigenvalue weighted by Gasteiger charge is 2.15. The van der Waals surface area contributed by atoms with Gasteiger partial charge in [0.05, 0.1) is 17.7 Å². The Labute approximate surface area is 135 Å². The van der Waals surface area contributed by atoms with Gasteiger partial charge in [-0.15, -0.1) is 10.2 Å². The van der Waals surface area contributed by atoms with E-state index in [2.05, 4.69) is 15.2 Å². The van der Waals surface area contributed by atoms with Crippen molar-refractivity contribution in [2.24, 2.45) is 10.2 Å². The first-order valence-corrected chi connectivity index (χ1v) is 6.98. The summed E-state index contributed by atoms with van der Waals surface area (Å²) in [6, 6.07) is 11.4. The zero-order valence-corrected chi connectivity index (χ0v) is 12.3. The fraction of sp³-hybridized carbons (Fsp3) is 0.0625. The number of aromatic carboxylic acids is 1. The summed E-state index contributed by atoms with van der Waals surface area (Å²) in [5.74, 6) is -1.90. The summed E-state index contributed by atoms with van der Waals surface area (Å²) in [5, 5.41) is 26.2. The minimum atomic E-state index is -1.12. The number of imidazole rings is 1. The monoisotopic (exact) mass is 324 g/mol. The largest absolute Gasteiger partial charge is 0.481 e. The Bertz CT molecular complexity index is 962. The molecule has 2 heterocycles. The van der Waals surface area contributed by atoms with Crippen LogP contribution < -0.4 is 0 Å². The van der Waals surface area contributed by atoms with Crippen LogP contribution in [0.25, 0.3) is 5.65 Å². The molecule has 8 nitrogen and oxygen atoms in total. The number of aromatic nitrogens is 2. The van der Waals surface area contributed by atoms with E-state index in [1.807, 2.05) is 0 Å². The Morgan fingerprint density at radius 3 is 2.54 bits per heavy atom. The number of rotatable bonds is 5. The SMILES string of the molecule is O=C(O)Cc1nc2ccccn2c1N=Nc1ccccc1C(=O)O. The van der Waals surface area contributed by atoms with Crippen molar-refractivity contribution in [3.8, 4) is 0 Å². The van der Waals surface area contributed by atoms with Crippen LogP contribution in [-0.2, 0) is 11.2 Å². The van der Waals surface area contributed by atoms with Crippen LogP contribution >= 0.6 is 0 Å². The molecular formula is C16H12N4O4. The lowest BCUT2D eigenvalue weighted by Gasteiger charge is -2.00. The highest BCUT2D eigenvalue weighted by atomic mass is 16.4. The maximum Gasteiger partial charge on any atom is 0.337 e. The fourth-order valence-corrected chi connectivity index (χ4v) is 2.24. The van der Waals surface area contributed by atoms with E-state index in [4.69, 9.17) is 5.11 Å². The zero-order chi connectivity index (χ0) is 17.1. The summed E-state index contributed by atoms with van der Waals surface area (Å²) in [6.07, 6.45) is 1.38. The molecule has 3 rings (SSSR count). The van der Waals surface area contributed by atoms with E-state index < -0.39 is 11.9 Å². The molecule has 8 heteroatoms. The lowest BCUT2D eigenvalue weighted by atomic mass is 10.2. The molecule has 0 spiro atoms. The summed E-state index contributed by atoms with van der Waals surface area (Å²) in [6.45, 7) is 0. The topological polar surface area (TPSA) is 117 Å². The van der Waals surface area contributed by atoms with Gasteiger partial charge in [-0.05, 0) is 24.3 Å². The Morgan fingerprint density at radius 2 is 1.79 bits per heavy atom. The fourth-order valence-electron chi connectivity index (χ4n) is 2.24. The third kappa shape index (κ3) is 2.98. The predicted octanol–water partition coefficient (Wildman–Crippen LogP) is 3.08. The van der Waals surface area contributed by atoms with E-state index in [1.54, 1.807) is 40.9 Å². The number of hydrogen-bond donors (Lipinski definition) is 2. The van der Waals surface area contributed by atoms with Crippen molar-refractivity contribution >= 4 is 29.1 Å². The van der Waals surface area contributed by atoms with Crippen molar-refractivity contribution < 1.29 is 19.8 Å². The van der Waals surface area contributed by atoms with Gasteiger partial charge < -0.3 is 10.2 Å². The van der Waals surface area contributed by atoms with E-state index in [0.29, 0.717) is 5.65 Å². The Morgan fingerprint density at radius 1 is 1.04 bits per heavy atom. The lowest BCUT2D eigenvalue weighted by molar-refractivity contribution is -0.136. The van der Waals surface area contributed by atoms with Crippen LogP contribution in [-0.4, -0.2) is 31.5 Å². The van der Waals surface area contributed by atoms with Crippen LogP contribution in [0.1, 0.15) is 16.1 Å². The van der Waals surface area contributed by atoms with Crippen LogP contribution in [0.15, 0.2) is 58.9 Å². The average Bonchev–Trinajstić information content (AvgIpc) is 2.89. The number of nitrogens with zero attached hydrogens (tertiary/aromatic N) is 4. The molecule has 0 aliphatic carbocycles. The molecule has 0 bridgehead atoms. The van der Waals surface area contributed by atoms with Crippen LogP contribution in [0, 0.1) is 0 Å². The third-order valence-electron chi connectivity index (χ3n) is 3.28. The standard InChI is InChI=1S/C16H12N4O4/c21-14(22)9-12-15(20-8-4-3-7-13(20)17-12)19-18-11-6-2-1-5-10(11)16(23)24/h1-8H,9H2,(H,21,22)(H,23,24). The normalized spacial score (nSPS) is 11.2. The first-order valence-electron chi connectivity index (χ1n) is 6.98. The van der Waals surface area contributed by atoms with Gasteiger partial charge in [0.25, 0.3) is 0 Å². The van der Waals surface area contributed by atoms with Crippen LogP contribution in [0.3, 0.4) is 0 Å². The van der Waals surface area contributed by atoms with Gasteiger partial charge in [-0.2, -0.15) is 0 Å². The number of hydrogen-bond acceptors (Lipinski definition) is 5. The molecule has 2 N–H and O–H groups in total. The number of azo groups is 1. The zero-order valence-electron chi connectivity index (χ0n) is 12.3. The second kappa shape index (κ2) is 6.29. The molecule has 0 amide bonds. The number of carbonyl (C=O) groups is 2. The average molecular weight is 324 g/mol. The first-order chi connectivity index (χ1) is 11.6. The summed E-state index contributed by atoms with van der Waals surface area (Å²) >= 11 is 0. The van der Waals surface area contributed by atoms with E-state index in [-0.39, 0.29) is 29.2 Å².